The van der Waals surface area contributed by atoms with E-state index in [2.05, 4.69) is 175 Å². The van der Waals surface area contributed by atoms with E-state index in [4.69, 9.17) is 18.5 Å². The van der Waals surface area contributed by atoms with Crippen LogP contribution < -0.4 is 0 Å². The van der Waals surface area contributed by atoms with Crippen LogP contribution in [0, 0.1) is 19.0 Å². The number of pyridine rings is 1. The first kappa shape index (κ1) is 44.4. The maximum absolute atomic E-state index is 8.57. The Balaban J connectivity index is 0.000000264. The van der Waals surface area contributed by atoms with Crippen molar-refractivity contribution in [3.63, 3.8) is 0 Å². The minimum absolute atomic E-state index is 0. The summed E-state index contributed by atoms with van der Waals surface area (Å²) in [6.45, 7) is 19.4. The molecule has 1 radical (unpaired) electrons. The van der Waals surface area contributed by atoms with E-state index in [1.807, 2.05) is 54.6 Å². The van der Waals surface area contributed by atoms with E-state index in [-0.39, 0.29) is 48.3 Å². The quantitative estimate of drug-likeness (QED) is 0.123. The molecule has 0 atom stereocenters. The molecule has 70 heavy (non-hydrogen) atoms. The van der Waals surface area contributed by atoms with Crippen molar-refractivity contribution in [1.82, 2.24) is 24.5 Å². The summed E-state index contributed by atoms with van der Waals surface area (Å²) in [4.78, 5) is 18.7. The Kier molecular flexibility index (Phi) is 12.0. The molecule has 7 aromatic carbocycles. The second-order valence-corrected chi connectivity index (χ2v) is 20.8. The fourth-order valence-electron chi connectivity index (χ4n) is 9.36. The molecule has 0 fully saturated rings. The van der Waals surface area contributed by atoms with Crippen LogP contribution in [0.2, 0.25) is 0 Å². The van der Waals surface area contributed by atoms with E-state index in [0.29, 0.717) is 27.9 Å². The van der Waals surface area contributed by atoms with Crippen molar-refractivity contribution >= 4 is 54.5 Å². The molecule has 0 spiro atoms. The van der Waals surface area contributed by atoms with Crippen molar-refractivity contribution in [3.05, 3.63) is 186 Å². The van der Waals surface area contributed by atoms with Crippen LogP contribution in [0.25, 0.3) is 94.1 Å². The predicted molar refractivity (Wildman–Crippen MR) is 287 cm³/mol. The molecule has 11 rings (SSSR count). The maximum atomic E-state index is 8.57. The molecule has 353 valence electrons. The van der Waals surface area contributed by atoms with Gasteiger partial charge in [-0.1, -0.05) is 172 Å². The summed E-state index contributed by atoms with van der Waals surface area (Å²) in [6, 6.07) is 54.1. The van der Waals surface area contributed by atoms with E-state index < -0.39 is 6.85 Å². The van der Waals surface area contributed by atoms with Gasteiger partial charge in [-0.3, -0.25) is 15.0 Å². The first-order chi connectivity index (χ1) is 34.3. The topological polar surface area (TPSA) is 69.6 Å². The summed E-state index contributed by atoms with van der Waals surface area (Å²) in [5.74, 6) is 1.05. The Hall–Kier alpha value is -6.79. The minimum Gasteiger partial charge on any atom is -0.501 e. The average molecular weight is 1100 g/mol. The van der Waals surface area contributed by atoms with Gasteiger partial charge in [-0.25, -0.2) is 4.98 Å². The minimum atomic E-state index is -2.38. The molecule has 0 amide bonds. The summed E-state index contributed by atoms with van der Waals surface area (Å²) >= 11 is 0. The van der Waals surface area contributed by atoms with Crippen LogP contribution in [0.4, 0.5) is 0 Å². The Bertz CT molecular complexity index is 3750. The molecular weight excluding hydrogens is 1030 g/mol. The molecule has 7 heteroatoms. The van der Waals surface area contributed by atoms with Crippen LogP contribution >= 0.6 is 0 Å². The monoisotopic (exact) mass is 1100 g/mol. The zero-order valence-electron chi connectivity index (χ0n) is 44.5. The normalized spacial score (nSPS) is 12.9. The second kappa shape index (κ2) is 18.8. The van der Waals surface area contributed by atoms with Gasteiger partial charge in [0.05, 0.1) is 22.4 Å². The maximum Gasteiger partial charge on any atom is 0.121 e. The Morgan fingerprint density at radius 2 is 1.31 bits per heavy atom. The number of benzene rings is 7. The van der Waals surface area contributed by atoms with E-state index in [9.17, 15) is 0 Å². The smallest absolute Gasteiger partial charge is 0.121 e. The summed E-state index contributed by atoms with van der Waals surface area (Å²) in [5, 5.41) is 5.67. The molecule has 0 saturated heterocycles. The summed E-state index contributed by atoms with van der Waals surface area (Å²) in [6.07, 6.45) is 1.61. The molecule has 6 nitrogen and oxygen atoms in total. The van der Waals surface area contributed by atoms with Crippen molar-refractivity contribution in [2.24, 2.45) is 0 Å². The molecule has 0 aliphatic rings. The zero-order valence-corrected chi connectivity index (χ0v) is 43.9. The first-order valence-corrected chi connectivity index (χ1v) is 23.9. The van der Waals surface area contributed by atoms with Gasteiger partial charge in [-0.15, -0.1) is 23.8 Å². The SMILES string of the molecule is CC(C)(C)c1cc(-c2[c-]ccc(C(C)(C)C)n2)ncn1.[2H]C([2H])([2H])c1c[c-]c(-c2nc3ccccc3n2-c2c(C(C)C)cc(-c3ccccc3)cc2C(C)C)c2oc3cc4c(ccc5ccccc54)cc3c12.[Ir]. The van der Waals surface area contributed by atoms with Crippen LogP contribution in [0.15, 0.2) is 150 Å². The van der Waals surface area contributed by atoms with Crippen LogP contribution in [0.1, 0.15) is 113 Å². The molecule has 11 aromatic rings. The largest absolute Gasteiger partial charge is 0.501 e. The van der Waals surface area contributed by atoms with Crippen LogP contribution in [-0.4, -0.2) is 24.5 Å². The van der Waals surface area contributed by atoms with Crippen molar-refractivity contribution in [2.75, 3.05) is 0 Å². The van der Waals surface area contributed by atoms with Crippen LogP contribution in [0.5, 0.6) is 0 Å². The van der Waals surface area contributed by atoms with Crippen LogP contribution in [0.3, 0.4) is 0 Å². The van der Waals surface area contributed by atoms with Crippen molar-refractivity contribution < 1.29 is 28.6 Å². The van der Waals surface area contributed by atoms with Crippen LogP contribution in [-0.2, 0) is 30.9 Å². The Morgan fingerprint density at radius 1 is 0.629 bits per heavy atom. The number of rotatable bonds is 6. The number of hydrogen-bond acceptors (Lipinski definition) is 5. The molecule has 0 saturated carbocycles. The van der Waals surface area contributed by atoms with Gasteiger partial charge < -0.3 is 8.98 Å². The first-order valence-electron chi connectivity index (χ1n) is 25.4. The third-order valence-electron chi connectivity index (χ3n) is 13.1. The van der Waals surface area contributed by atoms with Gasteiger partial charge >= 0.3 is 0 Å². The molecule has 0 aliphatic heterocycles. The fourth-order valence-corrected chi connectivity index (χ4v) is 9.36. The van der Waals surface area contributed by atoms with Gasteiger partial charge in [0.15, 0.2) is 0 Å². The number of imidazole rings is 1. The number of aryl methyl sites for hydroxylation is 1. The second-order valence-electron chi connectivity index (χ2n) is 20.8. The summed E-state index contributed by atoms with van der Waals surface area (Å²) in [5.41, 5.74) is 13.3. The average Bonchev–Trinajstić information content (AvgIpc) is 3.93. The third kappa shape index (κ3) is 8.98. The molecular formula is C63H59IrN5O-2. The number of fused-ring (bicyclic) bond motifs is 7. The van der Waals surface area contributed by atoms with Crippen molar-refractivity contribution in [2.45, 2.75) is 98.8 Å². The summed E-state index contributed by atoms with van der Waals surface area (Å²) < 4.78 is 34.8. The molecule has 0 bridgehead atoms. The van der Waals surface area contributed by atoms with Crippen molar-refractivity contribution in [3.8, 4) is 39.6 Å². The molecule has 4 heterocycles. The van der Waals surface area contributed by atoms with E-state index >= 15 is 0 Å². The number of nitrogens with zero attached hydrogens (tertiary/aromatic N) is 5. The van der Waals surface area contributed by atoms with Crippen molar-refractivity contribution in [1.29, 1.82) is 0 Å². The van der Waals surface area contributed by atoms with Gasteiger partial charge in [-0.2, -0.15) is 12.1 Å². The Labute approximate surface area is 429 Å². The summed E-state index contributed by atoms with van der Waals surface area (Å²) in [7, 11) is 0. The van der Waals surface area contributed by atoms with Gasteiger partial charge in [0.2, 0.25) is 0 Å². The molecule has 4 aromatic heterocycles. The standard InChI is InChI=1S/C46H37N2O.C17H22N3.Ir/c1-27(2)36-24-33(30-13-7-6-8-14-30)25-37(28(3)4)44(36)48-41-18-12-11-17-40(41)47-46(48)35-22-19-29(5)43-39-23-32-21-20-31-15-9-10-16-34(31)38(32)26-42(39)49-45(35)43;1-16(2,3)14-9-7-8-12(20-14)13-10-15(17(4,5)6)19-11-18-13;/h6-21,23-28H,1-5H3;7,9-11H,1-6H3;/q2*-1;/i5D3;;. The molecule has 0 unspecified atom stereocenters. The van der Waals surface area contributed by atoms with Gasteiger partial charge in [0.25, 0.3) is 0 Å². The Morgan fingerprint density at radius 3 is 2.03 bits per heavy atom. The van der Waals surface area contributed by atoms with E-state index in [1.54, 1.807) is 12.4 Å². The van der Waals surface area contributed by atoms with Gasteiger partial charge in [-0.05, 0) is 115 Å². The third-order valence-corrected chi connectivity index (χ3v) is 13.1. The predicted octanol–water partition coefficient (Wildman–Crippen LogP) is 16.9. The molecule has 0 N–H and O–H groups in total. The van der Waals surface area contributed by atoms with E-state index in [1.165, 1.54) is 22.3 Å². The number of hydrogen-bond donors (Lipinski definition) is 0. The number of aromatic nitrogens is 5. The van der Waals surface area contributed by atoms with Gasteiger partial charge in [0.1, 0.15) is 11.9 Å². The number of para-hydroxylation sites is 2. The van der Waals surface area contributed by atoms with Gasteiger partial charge in [0, 0.05) is 46.4 Å². The fraction of sp³-hybridized carbons (Fsp3) is 0.238. The number of furan rings is 1. The molecule has 0 aliphatic carbocycles. The zero-order chi connectivity index (χ0) is 50.9. The van der Waals surface area contributed by atoms with E-state index in [0.717, 1.165) is 66.4 Å².